The summed E-state index contributed by atoms with van der Waals surface area (Å²) in [5, 5.41) is 4.04. The summed E-state index contributed by atoms with van der Waals surface area (Å²) in [5.41, 5.74) is 9.06. The van der Waals surface area contributed by atoms with Crippen molar-refractivity contribution < 1.29 is 4.57 Å². The highest BCUT2D eigenvalue weighted by molar-refractivity contribution is 6.17. The van der Waals surface area contributed by atoms with E-state index in [0.29, 0.717) is 0 Å². The summed E-state index contributed by atoms with van der Waals surface area (Å²) in [4.78, 5) is 2.33. The van der Waals surface area contributed by atoms with Gasteiger partial charge in [-0.25, -0.2) is 0 Å². The van der Waals surface area contributed by atoms with E-state index in [4.69, 9.17) is 0 Å². The van der Waals surface area contributed by atoms with Crippen molar-refractivity contribution in [1.29, 1.82) is 0 Å². The molecule has 0 unspecified atom stereocenters. The highest BCUT2D eigenvalue weighted by Crippen LogP contribution is 2.47. The number of fused-ring (bicyclic) bond motifs is 4. The molecule has 2 heteroatoms. The molecule has 0 saturated carbocycles. The van der Waals surface area contributed by atoms with Gasteiger partial charge in [0.05, 0.1) is 27.7 Å². The molecule has 0 amide bonds. The lowest BCUT2D eigenvalue weighted by Gasteiger charge is -2.29. The van der Waals surface area contributed by atoms with Gasteiger partial charge in [-0.1, -0.05) is 29.8 Å². The fraction of sp³-hybridized carbons (Fsp3) is 0.174. The Hall–Kier alpha value is -2.87. The molecule has 0 saturated heterocycles. The summed E-state index contributed by atoms with van der Waals surface area (Å²) in [7, 11) is 4.37. The maximum atomic E-state index is 2.36. The van der Waals surface area contributed by atoms with Crippen molar-refractivity contribution in [2.45, 2.75) is 13.8 Å². The van der Waals surface area contributed by atoms with Crippen molar-refractivity contribution in [3.63, 3.8) is 0 Å². The first-order valence-electron chi connectivity index (χ1n) is 8.76. The Morgan fingerprint density at radius 1 is 0.800 bits per heavy atom. The van der Waals surface area contributed by atoms with Crippen LogP contribution in [0, 0.1) is 13.8 Å². The zero-order chi connectivity index (χ0) is 17.3. The van der Waals surface area contributed by atoms with Gasteiger partial charge in [-0.05, 0) is 43.7 Å². The molecule has 5 rings (SSSR count). The number of para-hydroxylation sites is 1. The second kappa shape index (κ2) is 4.82. The average molecular weight is 325 g/mol. The van der Waals surface area contributed by atoms with E-state index in [1.165, 1.54) is 55.4 Å². The molecule has 0 aliphatic carbocycles. The number of aryl methyl sites for hydroxylation is 3. The molecule has 0 atom stereocenters. The molecular formula is C23H21N2+. The Bertz CT molecular complexity index is 1190. The highest BCUT2D eigenvalue weighted by atomic mass is 15.1. The molecule has 3 aromatic carbocycles. The van der Waals surface area contributed by atoms with E-state index >= 15 is 0 Å². The molecule has 1 aliphatic heterocycles. The lowest BCUT2D eigenvalue weighted by Crippen LogP contribution is -2.34. The van der Waals surface area contributed by atoms with Gasteiger partial charge in [0.2, 0.25) is 11.2 Å². The minimum Gasteiger partial charge on any atom is -0.343 e. The number of rotatable bonds is 0. The molecule has 0 bridgehead atoms. The van der Waals surface area contributed by atoms with Crippen molar-refractivity contribution in [1.82, 2.24) is 0 Å². The van der Waals surface area contributed by atoms with Gasteiger partial charge >= 0.3 is 0 Å². The third-order valence-electron chi connectivity index (χ3n) is 5.52. The molecule has 1 aliphatic rings. The van der Waals surface area contributed by atoms with Crippen molar-refractivity contribution in [2.75, 3.05) is 11.9 Å². The van der Waals surface area contributed by atoms with Crippen LogP contribution in [-0.2, 0) is 7.05 Å². The fourth-order valence-corrected chi connectivity index (χ4v) is 4.35. The number of benzene rings is 3. The van der Waals surface area contributed by atoms with Crippen LogP contribution in [0.4, 0.5) is 11.4 Å². The van der Waals surface area contributed by atoms with Crippen LogP contribution in [0.5, 0.6) is 0 Å². The van der Waals surface area contributed by atoms with Crippen LogP contribution in [0.1, 0.15) is 11.1 Å². The second-order valence-corrected chi connectivity index (χ2v) is 7.21. The number of hydrogen-bond acceptors (Lipinski definition) is 1. The molecule has 0 fully saturated rings. The molecule has 1 aromatic heterocycles. The van der Waals surface area contributed by atoms with E-state index in [0.717, 1.165) is 0 Å². The largest absolute Gasteiger partial charge is 0.343 e. The molecule has 2 heterocycles. The summed E-state index contributed by atoms with van der Waals surface area (Å²) >= 11 is 0. The van der Waals surface area contributed by atoms with Gasteiger partial charge in [-0.2, -0.15) is 4.57 Å². The summed E-state index contributed by atoms with van der Waals surface area (Å²) in [6, 6.07) is 20.1. The molecule has 2 nitrogen and oxygen atoms in total. The van der Waals surface area contributed by atoms with E-state index in [-0.39, 0.29) is 0 Å². The van der Waals surface area contributed by atoms with Gasteiger partial charge in [0, 0.05) is 18.5 Å². The van der Waals surface area contributed by atoms with E-state index in [1.807, 2.05) is 0 Å². The van der Waals surface area contributed by atoms with Crippen molar-refractivity contribution >= 4 is 33.1 Å². The Balaban J connectivity index is 2.12. The zero-order valence-corrected chi connectivity index (χ0v) is 15.1. The van der Waals surface area contributed by atoms with Crippen LogP contribution in [0.15, 0.2) is 54.6 Å². The summed E-state index contributed by atoms with van der Waals surface area (Å²) in [6.07, 6.45) is 0. The predicted octanol–water partition coefficient (Wildman–Crippen LogP) is 5.18. The first kappa shape index (κ1) is 14.5. The van der Waals surface area contributed by atoms with Gasteiger partial charge in [-0.3, -0.25) is 0 Å². The SMILES string of the molecule is Cc1cc2c3c([n+](C)c4ccc(C)cc4c3c1)-c1ccccc1N2C. The minimum absolute atomic E-state index is 1.27. The third-order valence-corrected chi connectivity index (χ3v) is 5.52. The van der Waals surface area contributed by atoms with Crippen LogP contribution in [0.25, 0.3) is 32.9 Å². The third kappa shape index (κ3) is 1.82. The monoisotopic (exact) mass is 325 g/mol. The molecule has 122 valence electrons. The summed E-state index contributed by atoms with van der Waals surface area (Å²) < 4.78 is 2.36. The van der Waals surface area contributed by atoms with Crippen LogP contribution in [0.2, 0.25) is 0 Å². The first-order valence-corrected chi connectivity index (χ1v) is 8.76. The summed E-state index contributed by atoms with van der Waals surface area (Å²) in [5.74, 6) is 0. The van der Waals surface area contributed by atoms with Crippen molar-refractivity contribution in [3.8, 4) is 11.3 Å². The van der Waals surface area contributed by atoms with Crippen LogP contribution < -0.4 is 9.47 Å². The lowest BCUT2D eigenvalue weighted by atomic mass is 9.91. The Kier molecular flexibility index (Phi) is 2.79. The number of hydrogen-bond donors (Lipinski definition) is 0. The molecule has 0 radical (unpaired) electrons. The maximum Gasteiger partial charge on any atom is 0.224 e. The molecular weight excluding hydrogens is 304 g/mol. The molecule has 0 N–H and O–H groups in total. The van der Waals surface area contributed by atoms with Gasteiger partial charge < -0.3 is 4.90 Å². The average Bonchev–Trinajstić information content (AvgIpc) is 2.61. The standard InChI is InChI=1S/C23H21N2/c1-14-9-10-20-17(11-14)18-12-15(2)13-21-22(18)23(25(20)4)16-7-5-6-8-19(16)24(21)3/h5-13H,1-4H3/q+1. The van der Waals surface area contributed by atoms with E-state index < -0.39 is 0 Å². The maximum absolute atomic E-state index is 2.36. The number of anilines is 2. The Morgan fingerprint density at radius 2 is 1.56 bits per heavy atom. The van der Waals surface area contributed by atoms with Gasteiger partial charge in [-0.15, -0.1) is 0 Å². The number of aromatic nitrogens is 1. The second-order valence-electron chi connectivity index (χ2n) is 7.21. The minimum atomic E-state index is 1.27. The Labute approximate surface area is 147 Å². The van der Waals surface area contributed by atoms with Crippen molar-refractivity contribution in [2.24, 2.45) is 7.05 Å². The van der Waals surface area contributed by atoms with E-state index in [1.54, 1.807) is 0 Å². The van der Waals surface area contributed by atoms with E-state index in [9.17, 15) is 0 Å². The normalized spacial score (nSPS) is 12.7. The number of pyridine rings is 1. The molecule has 0 spiro atoms. The Morgan fingerprint density at radius 3 is 2.40 bits per heavy atom. The lowest BCUT2D eigenvalue weighted by molar-refractivity contribution is -0.632. The number of nitrogens with zero attached hydrogens (tertiary/aromatic N) is 2. The predicted molar refractivity (Wildman–Crippen MR) is 106 cm³/mol. The highest BCUT2D eigenvalue weighted by Gasteiger charge is 2.31. The summed E-state index contributed by atoms with van der Waals surface area (Å²) in [6.45, 7) is 4.36. The van der Waals surface area contributed by atoms with Crippen LogP contribution in [-0.4, -0.2) is 7.05 Å². The van der Waals surface area contributed by atoms with E-state index in [2.05, 4.69) is 92.0 Å². The first-order chi connectivity index (χ1) is 12.1. The van der Waals surface area contributed by atoms with Crippen LogP contribution in [0.3, 0.4) is 0 Å². The van der Waals surface area contributed by atoms with Gasteiger partial charge in [0.25, 0.3) is 0 Å². The quantitative estimate of drug-likeness (QED) is 0.319. The fourth-order valence-electron chi connectivity index (χ4n) is 4.35. The zero-order valence-electron chi connectivity index (χ0n) is 15.1. The smallest absolute Gasteiger partial charge is 0.224 e. The van der Waals surface area contributed by atoms with Gasteiger partial charge in [0.1, 0.15) is 7.05 Å². The van der Waals surface area contributed by atoms with Gasteiger partial charge in [0.15, 0.2) is 0 Å². The topological polar surface area (TPSA) is 7.12 Å². The molecule has 4 aromatic rings. The van der Waals surface area contributed by atoms with Crippen LogP contribution >= 0.6 is 0 Å². The van der Waals surface area contributed by atoms with Crippen molar-refractivity contribution in [3.05, 3.63) is 65.7 Å². The molecule has 25 heavy (non-hydrogen) atoms.